The van der Waals surface area contributed by atoms with Gasteiger partial charge in [-0.3, -0.25) is 9.59 Å². The first-order valence-electron chi connectivity index (χ1n) is 11.3. The number of carbonyl (C=O) groups is 2. The standard InChI is InChI=1S/C27H28N4O2S/c1-3-16-31(17-25(32)28-22-9-5-4-8-19(22)2)26(33)21-14-12-20(13-15-21)18-34-27-29-23-10-6-7-11-24(23)30-27/h4-15H,3,16-18H2,1-2H3,(H,28,32)(H,29,30). The molecule has 2 N–H and O–H groups in total. The fourth-order valence-corrected chi connectivity index (χ4v) is 4.51. The van der Waals surface area contributed by atoms with Crippen LogP contribution in [0.3, 0.4) is 0 Å². The van der Waals surface area contributed by atoms with E-state index in [-0.39, 0.29) is 18.4 Å². The maximum atomic E-state index is 13.1. The number of rotatable bonds is 9. The number of amides is 2. The van der Waals surface area contributed by atoms with Crippen LogP contribution in [-0.4, -0.2) is 39.8 Å². The minimum atomic E-state index is -0.199. The molecule has 34 heavy (non-hydrogen) atoms. The van der Waals surface area contributed by atoms with Crippen LogP contribution in [0.25, 0.3) is 11.0 Å². The van der Waals surface area contributed by atoms with Crippen LogP contribution in [-0.2, 0) is 10.5 Å². The van der Waals surface area contributed by atoms with Crippen molar-refractivity contribution in [3.63, 3.8) is 0 Å². The molecule has 0 aliphatic heterocycles. The zero-order chi connectivity index (χ0) is 23.9. The van der Waals surface area contributed by atoms with Crippen molar-refractivity contribution in [3.8, 4) is 0 Å². The van der Waals surface area contributed by atoms with Crippen LogP contribution >= 0.6 is 11.8 Å². The number of nitrogens with one attached hydrogen (secondary N) is 2. The van der Waals surface area contributed by atoms with E-state index in [9.17, 15) is 9.59 Å². The molecule has 174 valence electrons. The van der Waals surface area contributed by atoms with Crippen LogP contribution in [0.4, 0.5) is 5.69 Å². The maximum Gasteiger partial charge on any atom is 0.254 e. The monoisotopic (exact) mass is 472 g/mol. The molecule has 0 unspecified atom stereocenters. The SMILES string of the molecule is CCCN(CC(=O)Nc1ccccc1C)C(=O)c1ccc(CSc2nc3ccccc3[nH]2)cc1. The van der Waals surface area contributed by atoms with Gasteiger partial charge in [-0.05, 0) is 54.8 Å². The quantitative estimate of drug-likeness (QED) is 0.308. The third-order valence-corrected chi connectivity index (χ3v) is 6.42. The Bertz CT molecular complexity index is 1250. The van der Waals surface area contributed by atoms with E-state index in [2.05, 4.69) is 15.3 Å². The van der Waals surface area contributed by atoms with Gasteiger partial charge in [-0.1, -0.05) is 61.2 Å². The molecule has 4 rings (SSSR count). The van der Waals surface area contributed by atoms with E-state index >= 15 is 0 Å². The van der Waals surface area contributed by atoms with Gasteiger partial charge in [0.25, 0.3) is 5.91 Å². The normalized spacial score (nSPS) is 10.9. The van der Waals surface area contributed by atoms with Crippen molar-refractivity contribution in [1.29, 1.82) is 0 Å². The third-order valence-electron chi connectivity index (χ3n) is 5.48. The van der Waals surface area contributed by atoms with Crippen molar-refractivity contribution < 1.29 is 9.59 Å². The molecule has 1 heterocycles. The molecule has 3 aromatic carbocycles. The average Bonchev–Trinajstić information content (AvgIpc) is 3.27. The number of thioether (sulfide) groups is 1. The second kappa shape index (κ2) is 11.0. The molecular weight excluding hydrogens is 444 g/mol. The molecule has 0 bridgehead atoms. The minimum absolute atomic E-state index is 0.0185. The molecule has 4 aromatic rings. The minimum Gasteiger partial charge on any atom is -0.333 e. The Kier molecular flexibility index (Phi) is 7.65. The van der Waals surface area contributed by atoms with E-state index in [1.165, 1.54) is 0 Å². The van der Waals surface area contributed by atoms with Gasteiger partial charge in [-0.2, -0.15) is 0 Å². The second-order valence-corrected chi connectivity index (χ2v) is 9.10. The third kappa shape index (κ3) is 5.85. The van der Waals surface area contributed by atoms with E-state index in [4.69, 9.17) is 0 Å². The summed E-state index contributed by atoms with van der Waals surface area (Å²) in [5, 5.41) is 3.78. The first-order valence-corrected chi connectivity index (χ1v) is 12.3. The fraction of sp³-hybridized carbons (Fsp3) is 0.222. The van der Waals surface area contributed by atoms with Crippen molar-refractivity contribution >= 4 is 40.3 Å². The van der Waals surface area contributed by atoms with Gasteiger partial charge in [0.05, 0.1) is 11.0 Å². The summed E-state index contributed by atoms with van der Waals surface area (Å²) >= 11 is 1.62. The highest BCUT2D eigenvalue weighted by molar-refractivity contribution is 7.98. The summed E-state index contributed by atoms with van der Waals surface area (Å²) in [7, 11) is 0. The Morgan fingerprint density at radius 2 is 1.74 bits per heavy atom. The molecule has 6 nitrogen and oxygen atoms in total. The molecule has 0 fully saturated rings. The molecule has 1 aromatic heterocycles. The number of para-hydroxylation sites is 3. The summed E-state index contributed by atoms with van der Waals surface area (Å²) in [6.07, 6.45) is 0.773. The lowest BCUT2D eigenvalue weighted by atomic mass is 10.1. The van der Waals surface area contributed by atoms with Crippen molar-refractivity contribution in [1.82, 2.24) is 14.9 Å². The summed E-state index contributed by atoms with van der Waals surface area (Å²) in [5.74, 6) is 0.402. The molecule has 0 saturated carbocycles. The van der Waals surface area contributed by atoms with E-state index < -0.39 is 0 Å². The molecule has 0 saturated heterocycles. The van der Waals surface area contributed by atoms with Gasteiger partial charge in [0.15, 0.2) is 5.16 Å². The van der Waals surface area contributed by atoms with Gasteiger partial charge in [-0.15, -0.1) is 0 Å². The van der Waals surface area contributed by atoms with E-state index in [1.807, 2.05) is 86.6 Å². The summed E-state index contributed by atoms with van der Waals surface area (Å²) in [6.45, 7) is 4.48. The number of imidazole rings is 1. The smallest absolute Gasteiger partial charge is 0.254 e. The van der Waals surface area contributed by atoms with Gasteiger partial charge in [0.1, 0.15) is 6.54 Å². The highest BCUT2D eigenvalue weighted by Gasteiger charge is 2.18. The van der Waals surface area contributed by atoms with Gasteiger partial charge in [0, 0.05) is 23.5 Å². The summed E-state index contributed by atoms with van der Waals surface area (Å²) in [4.78, 5) is 35.2. The summed E-state index contributed by atoms with van der Waals surface area (Å²) in [6, 6.07) is 23.1. The van der Waals surface area contributed by atoms with Crippen LogP contribution in [0.2, 0.25) is 0 Å². The Hall–Kier alpha value is -3.58. The lowest BCUT2D eigenvalue weighted by molar-refractivity contribution is -0.116. The maximum absolute atomic E-state index is 13.1. The van der Waals surface area contributed by atoms with Gasteiger partial charge >= 0.3 is 0 Å². The molecular formula is C27H28N4O2S. The molecule has 7 heteroatoms. The first kappa shape index (κ1) is 23.6. The molecule has 0 spiro atoms. The number of H-pyrrole nitrogens is 1. The number of aryl methyl sites for hydroxylation is 1. The van der Waals surface area contributed by atoms with Crippen molar-refractivity contribution in [3.05, 3.63) is 89.5 Å². The highest BCUT2D eigenvalue weighted by atomic mass is 32.2. The van der Waals surface area contributed by atoms with E-state index in [1.54, 1.807) is 16.7 Å². The molecule has 2 amide bonds. The number of carbonyl (C=O) groups excluding carboxylic acids is 2. The van der Waals surface area contributed by atoms with Crippen LogP contribution < -0.4 is 5.32 Å². The Morgan fingerprint density at radius 1 is 1.00 bits per heavy atom. The van der Waals surface area contributed by atoms with Crippen LogP contribution in [0.15, 0.2) is 78.0 Å². The fourth-order valence-electron chi connectivity index (χ4n) is 3.67. The Labute approximate surface area is 203 Å². The van der Waals surface area contributed by atoms with Crippen molar-refractivity contribution in [2.24, 2.45) is 0 Å². The molecule has 0 radical (unpaired) electrons. The predicted molar refractivity (Wildman–Crippen MR) is 138 cm³/mol. The van der Waals surface area contributed by atoms with Crippen molar-refractivity contribution in [2.75, 3.05) is 18.4 Å². The number of benzene rings is 3. The number of anilines is 1. The average molecular weight is 473 g/mol. The zero-order valence-corrected chi connectivity index (χ0v) is 20.2. The van der Waals surface area contributed by atoms with Gasteiger partial charge in [0.2, 0.25) is 5.91 Å². The van der Waals surface area contributed by atoms with Gasteiger partial charge in [-0.25, -0.2) is 4.98 Å². The zero-order valence-electron chi connectivity index (χ0n) is 19.4. The number of aromatic nitrogens is 2. The summed E-state index contributed by atoms with van der Waals surface area (Å²) < 4.78 is 0. The number of hydrogen-bond acceptors (Lipinski definition) is 4. The van der Waals surface area contributed by atoms with Crippen molar-refractivity contribution in [2.45, 2.75) is 31.2 Å². The lowest BCUT2D eigenvalue weighted by Crippen LogP contribution is -2.38. The molecule has 0 atom stereocenters. The van der Waals surface area contributed by atoms with E-state index in [0.29, 0.717) is 12.1 Å². The van der Waals surface area contributed by atoms with Crippen LogP contribution in [0.5, 0.6) is 0 Å². The summed E-state index contributed by atoms with van der Waals surface area (Å²) in [5.41, 5.74) is 5.40. The number of hydrogen-bond donors (Lipinski definition) is 2. The largest absolute Gasteiger partial charge is 0.333 e. The highest BCUT2D eigenvalue weighted by Crippen LogP contribution is 2.23. The van der Waals surface area contributed by atoms with Gasteiger partial charge < -0.3 is 15.2 Å². The predicted octanol–water partition coefficient (Wildman–Crippen LogP) is 5.65. The first-order chi connectivity index (χ1) is 16.5. The number of aromatic amines is 1. The Morgan fingerprint density at radius 3 is 2.47 bits per heavy atom. The topological polar surface area (TPSA) is 78.1 Å². The number of fused-ring (bicyclic) bond motifs is 1. The number of nitrogens with zero attached hydrogens (tertiary/aromatic N) is 2. The molecule has 0 aliphatic rings. The van der Waals surface area contributed by atoms with Crippen LogP contribution in [0, 0.1) is 6.92 Å². The second-order valence-electron chi connectivity index (χ2n) is 8.13. The lowest BCUT2D eigenvalue weighted by Gasteiger charge is -2.22. The van der Waals surface area contributed by atoms with E-state index in [0.717, 1.165) is 45.2 Å². The Balaban J connectivity index is 1.36. The molecule has 0 aliphatic carbocycles. The van der Waals surface area contributed by atoms with Crippen LogP contribution in [0.1, 0.15) is 34.8 Å².